The molecule has 0 fully saturated rings. The number of aliphatic imine (C=N–C) groups is 1. The van der Waals surface area contributed by atoms with Gasteiger partial charge in [0.1, 0.15) is 11.4 Å². The number of hydrogen-bond donors (Lipinski definition) is 0. The minimum atomic E-state index is 0.597. The molecule has 94 valence electrons. The zero-order valence-electron chi connectivity index (χ0n) is 10.9. The predicted molar refractivity (Wildman–Crippen MR) is 72.2 cm³/mol. The number of methoxy groups -OCH3 is 1. The summed E-state index contributed by atoms with van der Waals surface area (Å²) in [6, 6.07) is 7.90. The van der Waals surface area contributed by atoms with Gasteiger partial charge < -0.3 is 9.30 Å². The van der Waals surface area contributed by atoms with E-state index in [1.807, 2.05) is 49.0 Å². The fourth-order valence-electron chi connectivity index (χ4n) is 1.70. The zero-order valence-corrected chi connectivity index (χ0v) is 10.9. The molecule has 4 nitrogen and oxygen atoms in total. The molecule has 0 saturated carbocycles. The van der Waals surface area contributed by atoms with Crippen LogP contribution in [0.25, 0.3) is 0 Å². The monoisotopic (exact) mass is 243 g/mol. The Morgan fingerprint density at radius 3 is 2.83 bits per heavy atom. The summed E-state index contributed by atoms with van der Waals surface area (Å²) in [5, 5.41) is 0. The second kappa shape index (κ2) is 5.49. The molecule has 1 aromatic heterocycles. The molecule has 0 radical (unpaired) electrons. The second-order valence-electron chi connectivity index (χ2n) is 4.11. The molecule has 4 heteroatoms. The van der Waals surface area contributed by atoms with E-state index in [0.29, 0.717) is 6.54 Å². The molecule has 2 aromatic rings. The van der Waals surface area contributed by atoms with E-state index in [9.17, 15) is 0 Å². The summed E-state index contributed by atoms with van der Waals surface area (Å²) in [4.78, 5) is 8.69. The summed E-state index contributed by atoms with van der Waals surface area (Å²) < 4.78 is 7.26. The summed E-state index contributed by atoms with van der Waals surface area (Å²) in [5.41, 5.74) is 3.09. The van der Waals surface area contributed by atoms with E-state index in [1.54, 1.807) is 13.4 Å². The zero-order chi connectivity index (χ0) is 13.0. The molecule has 0 bridgehead atoms. The lowest BCUT2D eigenvalue weighted by molar-refractivity contribution is 0.410. The van der Waals surface area contributed by atoms with Crippen LogP contribution in [0, 0.1) is 6.92 Å². The molecular weight excluding hydrogens is 226 g/mol. The van der Waals surface area contributed by atoms with Crippen LogP contribution in [0.2, 0.25) is 0 Å². The van der Waals surface area contributed by atoms with E-state index >= 15 is 0 Å². The molecule has 18 heavy (non-hydrogen) atoms. The van der Waals surface area contributed by atoms with Crippen molar-refractivity contribution in [2.45, 2.75) is 13.5 Å². The van der Waals surface area contributed by atoms with Crippen LogP contribution in [0.5, 0.6) is 5.75 Å². The van der Waals surface area contributed by atoms with Crippen molar-refractivity contribution in [2.24, 2.45) is 12.0 Å². The van der Waals surface area contributed by atoms with E-state index in [1.165, 1.54) is 0 Å². The van der Waals surface area contributed by atoms with Gasteiger partial charge in [0.25, 0.3) is 0 Å². The molecule has 0 atom stereocenters. The lowest BCUT2D eigenvalue weighted by Crippen LogP contribution is -1.93. The number of para-hydroxylation sites is 1. The molecule has 2 rings (SSSR count). The summed E-state index contributed by atoms with van der Waals surface area (Å²) in [7, 11) is 3.64. The summed E-state index contributed by atoms with van der Waals surface area (Å²) in [6.45, 7) is 2.62. The first-order valence-electron chi connectivity index (χ1n) is 5.82. The maximum Gasteiger partial charge on any atom is 0.123 e. The van der Waals surface area contributed by atoms with E-state index in [4.69, 9.17) is 4.74 Å². The van der Waals surface area contributed by atoms with Gasteiger partial charge in [-0.25, -0.2) is 4.98 Å². The number of nitrogens with zero attached hydrogens (tertiary/aromatic N) is 3. The van der Waals surface area contributed by atoms with Gasteiger partial charge in [0.2, 0.25) is 0 Å². The third kappa shape index (κ3) is 2.59. The molecule has 0 spiro atoms. The number of aryl methyl sites for hydroxylation is 1. The van der Waals surface area contributed by atoms with Crippen molar-refractivity contribution in [3.63, 3.8) is 0 Å². The average molecular weight is 243 g/mol. The van der Waals surface area contributed by atoms with Crippen LogP contribution >= 0.6 is 0 Å². The van der Waals surface area contributed by atoms with Gasteiger partial charge >= 0.3 is 0 Å². The van der Waals surface area contributed by atoms with Crippen LogP contribution in [0.4, 0.5) is 0 Å². The Hall–Kier alpha value is -2.10. The standard InChI is InChI=1S/C14H17N3O/c1-11-13(16-10-17(11)2)9-15-8-12-6-4-5-7-14(12)18-3/h4-7,9-10H,8H2,1-3H3/b15-9-. The highest BCUT2D eigenvalue weighted by atomic mass is 16.5. The second-order valence-corrected chi connectivity index (χ2v) is 4.11. The predicted octanol–water partition coefficient (Wildman–Crippen LogP) is 2.36. The lowest BCUT2D eigenvalue weighted by Gasteiger charge is -2.04. The van der Waals surface area contributed by atoms with Crippen molar-refractivity contribution in [3.05, 3.63) is 47.5 Å². The van der Waals surface area contributed by atoms with Crippen molar-refractivity contribution in [1.82, 2.24) is 9.55 Å². The highest BCUT2D eigenvalue weighted by molar-refractivity contribution is 5.78. The minimum Gasteiger partial charge on any atom is -0.496 e. The van der Waals surface area contributed by atoms with Gasteiger partial charge in [-0.3, -0.25) is 4.99 Å². The van der Waals surface area contributed by atoms with Crippen LogP contribution in [0.3, 0.4) is 0 Å². The Morgan fingerprint density at radius 2 is 2.17 bits per heavy atom. The SMILES string of the molecule is COc1ccccc1C/N=C\c1ncn(C)c1C. The number of benzene rings is 1. The molecule has 0 aliphatic rings. The minimum absolute atomic E-state index is 0.597. The van der Waals surface area contributed by atoms with Crippen LogP contribution in [0.15, 0.2) is 35.6 Å². The fourth-order valence-corrected chi connectivity index (χ4v) is 1.70. The normalized spacial score (nSPS) is 11.1. The van der Waals surface area contributed by atoms with Crippen LogP contribution in [-0.2, 0) is 13.6 Å². The van der Waals surface area contributed by atoms with E-state index in [-0.39, 0.29) is 0 Å². The van der Waals surface area contributed by atoms with Gasteiger partial charge in [-0.1, -0.05) is 18.2 Å². The van der Waals surface area contributed by atoms with Crippen molar-refractivity contribution in [2.75, 3.05) is 7.11 Å². The molecule has 0 aliphatic heterocycles. The molecule has 0 aliphatic carbocycles. The topological polar surface area (TPSA) is 39.4 Å². The smallest absolute Gasteiger partial charge is 0.123 e. The maximum absolute atomic E-state index is 5.28. The number of aromatic nitrogens is 2. The van der Waals surface area contributed by atoms with Crippen molar-refractivity contribution in [1.29, 1.82) is 0 Å². The van der Waals surface area contributed by atoms with Crippen LogP contribution < -0.4 is 4.74 Å². The number of hydrogen-bond acceptors (Lipinski definition) is 3. The van der Waals surface area contributed by atoms with Crippen molar-refractivity contribution < 1.29 is 4.74 Å². The lowest BCUT2D eigenvalue weighted by atomic mass is 10.2. The maximum atomic E-state index is 5.28. The van der Waals surface area contributed by atoms with Crippen molar-refractivity contribution >= 4 is 6.21 Å². The molecule has 0 saturated heterocycles. The van der Waals surface area contributed by atoms with Crippen LogP contribution in [-0.4, -0.2) is 22.9 Å². The summed E-state index contributed by atoms with van der Waals surface area (Å²) >= 11 is 0. The van der Waals surface area contributed by atoms with E-state index < -0.39 is 0 Å². The third-order valence-electron chi connectivity index (χ3n) is 2.94. The number of ether oxygens (including phenoxy) is 1. The number of rotatable bonds is 4. The van der Waals surface area contributed by atoms with Crippen molar-refractivity contribution in [3.8, 4) is 5.75 Å². The Morgan fingerprint density at radius 1 is 1.39 bits per heavy atom. The van der Waals surface area contributed by atoms with Gasteiger partial charge in [-0.15, -0.1) is 0 Å². The highest BCUT2D eigenvalue weighted by Crippen LogP contribution is 2.17. The summed E-state index contributed by atoms with van der Waals surface area (Å²) in [6.07, 6.45) is 3.60. The van der Waals surface area contributed by atoms with Gasteiger partial charge in [0, 0.05) is 24.5 Å². The average Bonchev–Trinajstić information content (AvgIpc) is 2.71. The molecule has 0 amide bonds. The first-order chi connectivity index (χ1) is 8.72. The largest absolute Gasteiger partial charge is 0.496 e. The van der Waals surface area contributed by atoms with Crippen LogP contribution in [0.1, 0.15) is 17.0 Å². The van der Waals surface area contributed by atoms with Gasteiger partial charge in [0.05, 0.1) is 20.0 Å². The first-order valence-corrected chi connectivity index (χ1v) is 5.82. The number of imidazole rings is 1. The molecule has 0 unspecified atom stereocenters. The molecule has 1 aromatic carbocycles. The quantitative estimate of drug-likeness (QED) is 0.773. The Labute approximate surface area is 107 Å². The molecular formula is C14H17N3O. The molecule has 0 N–H and O–H groups in total. The highest BCUT2D eigenvalue weighted by Gasteiger charge is 2.01. The molecule has 1 heterocycles. The fraction of sp³-hybridized carbons (Fsp3) is 0.286. The summed E-state index contributed by atoms with van der Waals surface area (Å²) in [5.74, 6) is 0.868. The van der Waals surface area contributed by atoms with Gasteiger partial charge in [0.15, 0.2) is 0 Å². The van der Waals surface area contributed by atoms with Gasteiger partial charge in [-0.2, -0.15) is 0 Å². The van der Waals surface area contributed by atoms with E-state index in [2.05, 4.69) is 9.98 Å². The Bertz CT molecular complexity index is 558. The Kier molecular flexibility index (Phi) is 3.77. The van der Waals surface area contributed by atoms with Gasteiger partial charge in [-0.05, 0) is 13.0 Å². The third-order valence-corrected chi connectivity index (χ3v) is 2.94. The first kappa shape index (κ1) is 12.4. The van der Waals surface area contributed by atoms with E-state index in [0.717, 1.165) is 22.7 Å². The Balaban J connectivity index is 2.09.